The Morgan fingerprint density at radius 2 is 1.89 bits per heavy atom. The Morgan fingerprint density at radius 1 is 1.11 bits per heavy atom. The van der Waals surface area contributed by atoms with Crippen LogP contribution in [0.15, 0.2) is 24.3 Å². The third kappa shape index (κ3) is 4.19. The monoisotopic (exact) mass is 373 g/mol. The van der Waals surface area contributed by atoms with Crippen LogP contribution in [0.3, 0.4) is 0 Å². The van der Waals surface area contributed by atoms with Gasteiger partial charge in [-0.1, -0.05) is 18.2 Å². The third-order valence-electron chi connectivity index (χ3n) is 6.99. The van der Waals surface area contributed by atoms with E-state index in [1.807, 2.05) is 17.0 Å². The van der Waals surface area contributed by atoms with E-state index in [-0.39, 0.29) is 11.7 Å². The van der Waals surface area contributed by atoms with Gasteiger partial charge in [-0.3, -0.25) is 14.6 Å². The number of nitrogens with zero attached hydrogens (tertiary/aromatic N) is 3. The zero-order chi connectivity index (χ0) is 18.9. The van der Waals surface area contributed by atoms with E-state index in [2.05, 4.69) is 9.80 Å². The molecule has 1 atom stereocenters. The molecule has 0 N–H and O–H groups in total. The number of amides is 1. The quantitative estimate of drug-likeness (QED) is 0.815. The van der Waals surface area contributed by atoms with Crippen LogP contribution in [0, 0.1) is 11.2 Å². The first-order valence-electron chi connectivity index (χ1n) is 10.5. The molecule has 3 aliphatic rings. The number of likely N-dealkylation sites (tertiary alicyclic amines) is 3. The van der Waals surface area contributed by atoms with Crippen molar-refractivity contribution in [3.05, 3.63) is 35.6 Å². The van der Waals surface area contributed by atoms with Gasteiger partial charge in [0, 0.05) is 51.3 Å². The molecule has 4 nitrogen and oxygen atoms in total. The van der Waals surface area contributed by atoms with Gasteiger partial charge in [0.15, 0.2) is 0 Å². The summed E-state index contributed by atoms with van der Waals surface area (Å²) < 4.78 is 14.0. The normalized spacial score (nSPS) is 28.1. The van der Waals surface area contributed by atoms with Gasteiger partial charge in [-0.2, -0.15) is 0 Å². The Morgan fingerprint density at radius 3 is 2.63 bits per heavy atom. The van der Waals surface area contributed by atoms with Crippen LogP contribution in [-0.2, 0) is 11.3 Å². The fourth-order valence-corrected chi connectivity index (χ4v) is 5.47. The topological polar surface area (TPSA) is 26.8 Å². The van der Waals surface area contributed by atoms with Crippen LogP contribution in [0.25, 0.3) is 0 Å². The first kappa shape index (κ1) is 18.9. The highest BCUT2D eigenvalue weighted by Gasteiger charge is 2.43. The smallest absolute Gasteiger partial charge is 0.219 e. The lowest BCUT2D eigenvalue weighted by molar-refractivity contribution is -0.130. The molecule has 5 heteroatoms. The molecule has 3 fully saturated rings. The minimum absolute atomic E-state index is 0.0811. The molecule has 148 valence electrons. The second-order valence-electron chi connectivity index (χ2n) is 8.86. The van der Waals surface area contributed by atoms with Gasteiger partial charge in [0.25, 0.3) is 0 Å². The molecule has 1 aromatic carbocycles. The van der Waals surface area contributed by atoms with Crippen molar-refractivity contribution in [2.45, 2.75) is 51.6 Å². The molecular weight excluding hydrogens is 341 g/mol. The third-order valence-corrected chi connectivity index (χ3v) is 6.99. The summed E-state index contributed by atoms with van der Waals surface area (Å²) in [5, 5.41) is 0. The van der Waals surface area contributed by atoms with Gasteiger partial charge in [0.05, 0.1) is 0 Å². The van der Waals surface area contributed by atoms with Crippen LogP contribution < -0.4 is 0 Å². The maximum atomic E-state index is 14.0. The molecule has 27 heavy (non-hydrogen) atoms. The molecule has 3 saturated heterocycles. The minimum Gasteiger partial charge on any atom is -0.343 e. The average molecular weight is 374 g/mol. The summed E-state index contributed by atoms with van der Waals surface area (Å²) in [5.74, 6) is 0.129. The van der Waals surface area contributed by atoms with Crippen LogP contribution in [0.1, 0.15) is 44.6 Å². The Balaban J connectivity index is 1.34. The molecule has 0 saturated carbocycles. The maximum Gasteiger partial charge on any atom is 0.219 e. The van der Waals surface area contributed by atoms with Crippen LogP contribution >= 0.6 is 0 Å². The summed E-state index contributed by atoms with van der Waals surface area (Å²) >= 11 is 0. The SMILES string of the molecule is CC(=O)N1CCC(N2CCC3(CCCN(Cc4ccccc4F)C3)C2)CC1. The van der Waals surface area contributed by atoms with E-state index in [9.17, 15) is 9.18 Å². The van der Waals surface area contributed by atoms with Gasteiger partial charge < -0.3 is 4.90 Å². The highest BCUT2D eigenvalue weighted by atomic mass is 19.1. The van der Waals surface area contributed by atoms with E-state index in [0.717, 1.165) is 51.1 Å². The van der Waals surface area contributed by atoms with Crippen LogP contribution in [0.2, 0.25) is 0 Å². The Hall–Kier alpha value is -1.46. The first-order valence-corrected chi connectivity index (χ1v) is 10.5. The van der Waals surface area contributed by atoms with Crippen molar-refractivity contribution in [3.8, 4) is 0 Å². The summed E-state index contributed by atoms with van der Waals surface area (Å²) in [6.45, 7) is 8.73. The van der Waals surface area contributed by atoms with Crippen LogP contribution in [0.5, 0.6) is 0 Å². The Labute approximate surface area is 162 Å². The molecule has 1 unspecified atom stereocenters. The molecule has 0 aliphatic carbocycles. The number of carbonyl (C=O) groups is 1. The Kier molecular flexibility index (Phi) is 5.51. The second kappa shape index (κ2) is 7.88. The van der Waals surface area contributed by atoms with Crippen molar-refractivity contribution in [1.29, 1.82) is 0 Å². The zero-order valence-corrected chi connectivity index (χ0v) is 16.5. The summed E-state index contributed by atoms with van der Waals surface area (Å²) in [5.41, 5.74) is 1.20. The number of piperidine rings is 2. The first-order chi connectivity index (χ1) is 13.0. The molecule has 0 bridgehead atoms. The van der Waals surface area contributed by atoms with E-state index in [1.54, 1.807) is 19.1 Å². The summed E-state index contributed by atoms with van der Waals surface area (Å²) in [6.07, 6.45) is 5.98. The summed E-state index contributed by atoms with van der Waals surface area (Å²) in [7, 11) is 0. The zero-order valence-electron chi connectivity index (χ0n) is 16.5. The second-order valence-corrected chi connectivity index (χ2v) is 8.86. The average Bonchev–Trinajstić information content (AvgIpc) is 3.07. The van der Waals surface area contributed by atoms with Gasteiger partial charge in [0.1, 0.15) is 5.82 Å². The van der Waals surface area contributed by atoms with Crippen molar-refractivity contribution in [2.24, 2.45) is 5.41 Å². The van der Waals surface area contributed by atoms with Crippen molar-refractivity contribution in [1.82, 2.24) is 14.7 Å². The summed E-state index contributed by atoms with van der Waals surface area (Å²) in [6, 6.07) is 7.81. The molecule has 0 aromatic heterocycles. The number of halogens is 1. The van der Waals surface area contributed by atoms with Crippen molar-refractivity contribution >= 4 is 5.91 Å². The number of rotatable bonds is 3. The predicted molar refractivity (Wildman–Crippen MR) is 105 cm³/mol. The van der Waals surface area contributed by atoms with E-state index < -0.39 is 0 Å². The van der Waals surface area contributed by atoms with Crippen LogP contribution in [-0.4, -0.2) is 65.9 Å². The predicted octanol–water partition coefficient (Wildman–Crippen LogP) is 3.12. The lowest BCUT2D eigenvalue weighted by Gasteiger charge is -2.42. The molecule has 4 rings (SSSR count). The van der Waals surface area contributed by atoms with E-state index in [1.165, 1.54) is 32.4 Å². The van der Waals surface area contributed by atoms with Gasteiger partial charge >= 0.3 is 0 Å². The van der Waals surface area contributed by atoms with E-state index in [0.29, 0.717) is 11.5 Å². The highest BCUT2D eigenvalue weighted by molar-refractivity contribution is 5.73. The molecule has 0 radical (unpaired) electrons. The number of carbonyl (C=O) groups excluding carboxylic acids is 1. The van der Waals surface area contributed by atoms with Crippen molar-refractivity contribution in [3.63, 3.8) is 0 Å². The molecule has 1 spiro atoms. The van der Waals surface area contributed by atoms with Gasteiger partial charge in [0.2, 0.25) is 5.91 Å². The number of hydrogen-bond acceptors (Lipinski definition) is 3. The lowest BCUT2D eigenvalue weighted by Crippen LogP contribution is -2.48. The van der Waals surface area contributed by atoms with Crippen molar-refractivity contribution < 1.29 is 9.18 Å². The van der Waals surface area contributed by atoms with Crippen LogP contribution in [0.4, 0.5) is 4.39 Å². The molecular formula is C22H32FN3O. The molecule has 1 amide bonds. The molecule has 1 aromatic rings. The molecule has 3 heterocycles. The number of hydrogen-bond donors (Lipinski definition) is 0. The largest absolute Gasteiger partial charge is 0.343 e. The number of benzene rings is 1. The fourth-order valence-electron chi connectivity index (χ4n) is 5.47. The summed E-state index contributed by atoms with van der Waals surface area (Å²) in [4.78, 5) is 18.7. The van der Waals surface area contributed by atoms with Gasteiger partial charge in [-0.15, -0.1) is 0 Å². The molecule has 3 aliphatic heterocycles. The standard InChI is InChI=1S/C22H32FN3O/c1-18(27)25-12-7-20(8-13-25)26-14-10-22(17-26)9-4-11-24(16-22)15-19-5-2-3-6-21(19)23/h2-3,5-6,20H,4,7-17H2,1H3. The lowest BCUT2D eigenvalue weighted by atomic mass is 9.79. The minimum atomic E-state index is -0.0811. The van der Waals surface area contributed by atoms with E-state index >= 15 is 0 Å². The van der Waals surface area contributed by atoms with Crippen molar-refractivity contribution in [2.75, 3.05) is 39.3 Å². The van der Waals surface area contributed by atoms with E-state index in [4.69, 9.17) is 0 Å². The van der Waals surface area contributed by atoms with Gasteiger partial charge in [-0.05, 0) is 56.7 Å². The fraction of sp³-hybridized carbons (Fsp3) is 0.682. The van der Waals surface area contributed by atoms with Gasteiger partial charge in [-0.25, -0.2) is 4.39 Å². The maximum absolute atomic E-state index is 14.0. The highest BCUT2D eigenvalue weighted by Crippen LogP contribution is 2.41. The Bertz CT molecular complexity index is 673.